The highest BCUT2D eigenvalue weighted by Gasteiger charge is 2.46. The molecule has 10 heteroatoms. The monoisotopic (exact) mass is 524 g/mol. The molecule has 1 atom stereocenters. The first-order valence-corrected chi connectivity index (χ1v) is 12.8. The number of likely N-dealkylation sites (tertiary alicyclic amines) is 1. The second kappa shape index (κ2) is 11.3. The van der Waals surface area contributed by atoms with Gasteiger partial charge in [0.25, 0.3) is 11.7 Å². The van der Waals surface area contributed by atoms with Gasteiger partial charge in [-0.25, -0.2) is 0 Å². The van der Waals surface area contributed by atoms with E-state index in [0.29, 0.717) is 80.2 Å². The molecule has 202 valence electrons. The van der Waals surface area contributed by atoms with Crippen molar-refractivity contribution in [2.24, 2.45) is 0 Å². The van der Waals surface area contributed by atoms with Gasteiger partial charge in [0.15, 0.2) is 23.0 Å². The van der Waals surface area contributed by atoms with Gasteiger partial charge < -0.3 is 33.7 Å². The molecule has 10 nitrogen and oxygen atoms in total. The zero-order valence-electron chi connectivity index (χ0n) is 21.6. The molecule has 0 aromatic heterocycles. The molecule has 3 heterocycles. The van der Waals surface area contributed by atoms with E-state index in [1.165, 1.54) is 12.0 Å². The van der Waals surface area contributed by atoms with Crippen molar-refractivity contribution in [1.82, 2.24) is 9.80 Å². The predicted molar refractivity (Wildman–Crippen MR) is 138 cm³/mol. The summed E-state index contributed by atoms with van der Waals surface area (Å²) in [5.41, 5.74) is 1.01. The van der Waals surface area contributed by atoms with Gasteiger partial charge in [-0.15, -0.1) is 0 Å². The second-order valence-electron chi connectivity index (χ2n) is 9.15. The molecule has 2 fully saturated rings. The first-order valence-electron chi connectivity index (χ1n) is 12.8. The summed E-state index contributed by atoms with van der Waals surface area (Å²) in [7, 11) is 1.53. The first kappa shape index (κ1) is 25.9. The van der Waals surface area contributed by atoms with Gasteiger partial charge in [0.1, 0.15) is 19.0 Å². The third-order valence-electron chi connectivity index (χ3n) is 6.92. The highest BCUT2D eigenvalue weighted by Crippen LogP contribution is 2.43. The van der Waals surface area contributed by atoms with Crippen LogP contribution in [0.5, 0.6) is 23.0 Å². The average Bonchev–Trinajstić information content (AvgIpc) is 3.21. The lowest BCUT2D eigenvalue weighted by Gasteiger charge is -2.31. The van der Waals surface area contributed by atoms with Crippen LogP contribution in [0.15, 0.2) is 42.0 Å². The number of amides is 1. The summed E-state index contributed by atoms with van der Waals surface area (Å²) in [5, 5.41) is 11.4. The molecule has 5 rings (SSSR count). The number of aliphatic hydroxyl groups excluding tert-OH is 1. The molecule has 0 spiro atoms. The summed E-state index contributed by atoms with van der Waals surface area (Å²) in [4.78, 5) is 30.5. The van der Waals surface area contributed by atoms with Crippen molar-refractivity contribution >= 4 is 17.4 Å². The Morgan fingerprint density at radius 1 is 0.974 bits per heavy atom. The number of benzene rings is 2. The van der Waals surface area contributed by atoms with Crippen LogP contribution in [0.1, 0.15) is 24.1 Å². The van der Waals surface area contributed by atoms with Crippen LogP contribution >= 0.6 is 0 Å². The van der Waals surface area contributed by atoms with Gasteiger partial charge in [-0.3, -0.25) is 14.5 Å². The summed E-state index contributed by atoms with van der Waals surface area (Å²) in [6, 6.07) is 9.45. The number of morpholine rings is 1. The Bertz CT molecular complexity index is 1240. The average molecular weight is 525 g/mol. The number of methoxy groups -OCH3 is 1. The van der Waals surface area contributed by atoms with Crippen LogP contribution in [-0.4, -0.2) is 92.9 Å². The molecule has 2 aromatic carbocycles. The van der Waals surface area contributed by atoms with Crippen molar-refractivity contribution in [3.05, 3.63) is 53.1 Å². The molecule has 3 aliphatic heterocycles. The summed E-state index contributed by atoms with van der Waals surface area (Å²) in [6.07, 6.45) is 0. The molecule has 0 aliphatic carbocycles. The van der Waals surface area contributed by atoms with E-state index < -0.39 is 17.7 Å². The van der Waals surface area contributed by atoms with Gasteiger partial charge in [0.05, 0.1) is 38.5 Å². The smallest absolute Gasteiger partial charge is 0.295 e. The Hall–Kier alpha value is -3.76. The molecule has 0 bridgehead atoms. The lowest BCUT2D eigenvalue weighted by molar-refractivity contribution is -0.140. The van der Waals surface area contributed by atoms with E-state index in [1.54, 1.807) is 36.4 Å². The molecule has 2 saturated heterocycles. The highest BCUT2D eigenvalue weighted by atomic mass is 16.6. The Morgan fingerprint density at radius 3 is 2.47 bits per heavy atom. The topological polar surface area (TPSA) is 107 Å². The number of carbonyl (C=O) groups excluding carboxylic acids is 2. The minimum Gasteiger partial charge on any atom is -0.507 e. The minimum atomic E-state index is -0.811. The van der Waals surface area contributed by atoms with Gasteiger partial charge in [-0.2, -0.15) is 0 Å². The van der Waals surface area contributed by atoms with Crippen LogP contribution in [0.2, 0.25) is 0 Å². The highest BCUT2D eigenvalue weighted by molar-refractivity contribution is 6.46. The fourth-order valence-electron chi connectivity index (χ4n) is 5.01. The molecule has 3 aliphatic rings. The van der Waals surface area contributed by atoms with E-state index in [-0.39, 0.29) is 11.3 Å². The maximum Gasteiger partial charge on any atom is 0.295 e. The van der Waals surface area contributed by atoms with E-state index in [0.717, 1.165) is 13.1 Å². The van der Waals surface area contributed by atoms with Crippen LogP contribution in [0, 0.1) is 0 Å². The maximum absolute atomic E-state index is 13.4. The lowest BCUT2D eigenvalue weighted by atomic mass is 9.94. The Balaban J connectivity index is 1.56. The number of carbonyl (C=O) groups is 2. The quantitative estimate of drug-likeness (QED) is 0.317. The number of ether oxygens (including phenoxy) is 5. The normalized spacial score (nSPS) is 21.0. The van der Waals surface area contributed by atoms with Gasteiger partial charge in [0, 0.05) is 31.7 Å². The van der Waals surface area contributed by atoms with Crippen molar-refractivity contribution in [3.8, 4) is 23.0 Å². The fraction of sp³-hybridized carbons (Fsp3) is 0.429. The van der Waals surface area contributed by atoms with E-state index in [9.17, 15) is 14.7 Å². The largest absolute Gasteiger partial charge is 0.507 e. The van der Waals surface area contributed by atoms with Crippen molar-refractivity contribution < 1.29 is 38.4 Å². The number of fused-ring (bicyclic) bond motifs is 1. The number of nitrogens with zero attached hydrogens (tertiary/aromatic N) is 2. The number of hydrogen-bond acceptors (Lipinski definition) is 9. The maximum atomic E-state index is 13.4. The van der Waals surface area contributed by atoms with E-state index >= 15 is 0 Å². The lowest BCUT2D eigenvalue weighted by Crippen LogP contribution is -2.42. The third-order valence-corrected chi connectivity index (χ3v) is 6.92. The van der Waals surface area contributed by atoms with Gasteiger partial charge >= 0.3 is 0 Å². The number of aliphatic hydroxyl groups is 1. The molecular formula is C28H32N2O8. The SMILES string of the molecule is CCOc1ccc(C2C(=C(O)c3ccc4c(c3)OCCO4)C(=O)C(=O)N2CCN2CCOCC2)cc1OC. The summed E-state index contributed by atoms with van der Waals surface area (Å²) in [6.45, 7) is 6.80. The van der Waals surface area contributed by atoms with Crippen LogP contribution in [0.3, 0.4) is 0 Å². The van der Waals surface area contributed by atoms with Crippen LogP contribution in [0.25, 0.3) is 5.76 Å². The standard InChI is InChI=1S/C28H32N2O8/c1-3-36-20-6-4-18(16-22(20)34-2)25-24(26(31)19-5-7-21-23(17-19)38-15-14-37-21)27(32)28(33)30(25)9-8-29-10-12-35-13-11-29/h4-7,16-17,25,31H,3,8-15H2,1-2H3. The van der Waals surface area contributed by atoms with Crippen LogP contribution in [-0.2, 0) is 14.3 Å². The fourth-order valence-corrected chi connectivity index (χ4v) is 5.01. The molecule has 0 radical (unpaired) electrons. The molecule has 1 unspecified atom stereocenters. The van der Waals surface area contributed by atoms with E-state index in [4.69, 9.17) is 23.7 Å². The summed E-state index contributed by atoms with van der Waals surface area (Å²) >= 11 is 0. The molecule has 0 saturated carbocycles. The van der Waals surface area contributed by atoms with Crippen molar-refractivity contribution in [1.29, 1.82) is 0 Å². The molecule has 2 aromatic rings. The van der Waals surface area contributed by atoms with Gasteiger partial charge in [-0.1, -0.05) is 6.07 Å². The Morgan fingerprint density at radius 2 is 1.74 bits per heavy atom. The van der Waals surface area contributed by atoms with Crippen molar-refractivity contribution in [2.45, 2.75) is 13.0 Å². The molecule has 38 heavy (non-hydrogen) atoms. The zero-order valence-corrected chi connectivity index (χ0v) is 21.6. The van der Waals surface area contributed by atoms with E-state index in [2.05, 4.69) is 4.90 Å². The molecule has 1 amide bonds. The minimum absolute atomic E-state index is 0.0138. The second-order valence-corrected chi connectivity index (χ2v) is 9.15. The summed E-state index contributed by atoms with van der Waals surface area (Å²) in [5.74, 6) is 0.394. The predicted octanol–water partition coefficient (Wildman–Crippen LogP) is 2.62. The van der Waals surface area contributed by atoms with E-state index in [1.807, 2.05) is 6.92 Å². The molecule has 1 N–H and O–H groups in total. The number of hydrogen-bond donors (Lipinski definition) is 1. The van der Waals surface area contributed by atoms with Crippen LogP contribution in [0.4, 0.5) is 0 Å². The first-order chi connectivity index (χ1) is 18.5. The molecular weight excluding hydrogens is 492 g/mol. The Labute approximate surface area is 221 Å². The Kier molecular flexibility index (Phi) is 7.71. The number of rotatable bonds is 8. The van der Waals surface area contributed by atoms with Crippen molar-refractivity contribution in [2.75, 3.05) is 66.3 Å². The van der Waals surface area contributed by atoms with Crippen molar-refractivity contribution in [3.63, 3.8) is 0 Å². The number of ketones is 1. The third kappa shape index (κ3) is 5.01. The summed E-state index contributed by atoms with van der Waals surface area (Å²) < 4.78 is 27.9. The van der Waals surface area contributed by atoms with Crippen LogP contribution < -0.4 is 18.9 Å². The van der Waals surface area contributed by atoms with Gasteiger partial charge in [0.2, 0.25) is 0 Å². The van der Waals surface area contributed by atoms with Gasteiger partial charge in [-0.05, 0) is 42.8 Å². The number of Topliss-reactive ketones (excluding diaryl/α,β-unsaturated/α-hetero) is 1. The zero-order chi connectivity index (χ0) is 26.6.